The van der Waals surface area contributed by atoms with Crippen molar-refractivity contribution in [2.45, 2.75) is 26.3 Å². The SMILES string of the molecule is Cc1ccc(CC(=O)N[C@@H](C)C(=O)O)o1. The minimum atomic E-state index is -1.06. The van der Waals surface area contributed by atoms with Crippen molar-refractivity contribution in [1.29, 1.82) is 0 Å². The van der Waals surface area contributed by atoms with E-state index in [1.165, 1.54) is 6.92 Å². The van der Waals surface area contributed by atoms with Crippen molar-refractivity contribution in [2.24, 2.45) is 0 Å². The van der Waals surface area contributed by atoms with E-state index < -0.39 is 12.0 Å². The highest BCUT2D eigenvalue weighted by Gasteiger charge is 2.14. The fourth-order valence-electron chi connectivity index (χ4n) is 1.09. The minimum absolute atomic E-state index is 0.0610. The second-order valence-corrected chi connectivity index (χ2v) is 3.32. The van der Waals surface area contributed by atoms with Crippen molar-refractivity contribution >= 4 is 11.9 Å². The fourth-order valence-corrected chi connectivity index (χ4v) is 1.09. The van der Waals surface area contributed by atoms with Gasteiger partial charge in [-0.05, 0) is 26.0 Å². The van der Waals surface area contributed by atoms with E-state index >= 15 is 0 Å². The molecule has 0 radical (unpaired) electrons. The molecule has 0 bridgehead atoms. The molecule has 0 saturated heterocycles. The third kappa shape index (κ3) is 3.46. The zero-order chi connectivity index (χ0) is 11.4. The van der Waals surface area contributed by atoms with Gasteiger partial charge in [0.25, 0.3) is 0 Å². The maximum absolute atomic E-state index is 11.3. The molecule has 0 unspecified atom stereocenters. The Morgan fingerprint density at radius 3 is 2.67 bits per heavy atom. The lowest BCUT2D eigenvalue weighted by Crippen LogP contribution is -2.39. The average Bonchev–Trinajstić information content (AvgIpc) is 2.50. The fraction of sp³-hybridized carbons (Fsp3) is 0.400. The van der Waals surface area contributed by atoms with Crippen LogP contribution in [0.5, 0.6) is 0 Å². The highest BCUT2D eigenvalue weighted by Crippen LogP contribution is 2.06. The van der Waals surface area contributed by atoms with Gasteiger partial charge in [0.1, 0.15) is 17.6 Å². The van der Waals surface area contributed by atoms with Gasteiger partial charge in [-0.25, -0.2) is 0 Å². The molecule has 0 aliphatic carbocycles. The molecule has 0 aliphatic rings. The predicted octanol–water partition coefficient (Wildman–Crippen LogP) is 0.720. The molecule has 0 spiro atoms. The molecule has 15 heavy (non-hydrogen) atoms. The number of aryl methyl sites for hydroxylation is 1. The summed E-state index contributed by atoms with van der Waals surface area (Å²) in [7, 11) is 0. The molecule has 1 aromatic heterocycles. The van der Waals surface area contributed by atoms with Crippen molar-refractivity contribution in [3.8, 4) is 0 Å². The van der Waals surface area contributed by atoms with Crippen LogP contribution in [-0.2, 0) is 16.0 Å². The van der Waals surface area contributed by atoms with Gasteiger partial charge in [-0.15, -0.1) is 0 Å². The number of carbonyl (C=O) groups is 2. The summed E-state index contributed by atoms with van der Waals surface area (Å²) in [5, 5.41) is 10.9. The van der Waals surface area contributed by atoms with Gasteiger partial charge in [-0.2, -0.15) is 0 Å². The van der Waals surface area contributed by atoms with Gasteiger partial charge in [0.05, 0.1) is 6.42 Å². The monoisotopic (exact) mass is 211 g/mol. The lowest BCUT2D eigenvalue weighted by atomic mass is 10.3. The zero-order valence-corrected chi connectivity index (χ0v) is 8.61. The molecule has 1 rings (SSSR count). The molecule has 1 amide bonds. The van der Waals surface area contributed by atoms with E-state index in [4.69, 9.17) is 9.52 Å². The smallest absolute Gasteiger partial charge is 0.325 e. The summed E-state index contributed by atoms with van der Waals surface area (Å²) in [5.74, 6) is -0.162. The Kier molecular flexibility index (Phi) is 3.49. The molecule has 0 saturated carbocycles. The van der Waals surface area contributed by atoms with Gasteiger partial charge >= 0.3 is 5.97 Å². The Labute approximate surface area is 87.1 Å². The highest BCUT2D eigenvalue weighted by atomic mass is 16.4. The first kappa shape index (κ1) is 11.3. The van der Waals surface area contributed by atoms with Crippen LogP contribution in [-0.4, -0.2) is 23.0 Å². The molecule has 1 aromatic rings. The van der Waals surface area contributed by atoms with E-state index in [1.54, 1.807) is 19.1 Å². The van der Waals surface area contributed by atoms with E-state index in [0.29, 0.717) is 5.76 Å². The molecule has 2 N–H and O–H groups in total. The van der Waals surface area contributed by atoms with Gasteiger partial charge < -0.3 is 14.8 Å². The van der Waals surface area contributed by atoms with Crippen molar-refractivity contribution in [3.05, 3.63) is 23.7 Å². The number of rotatable bonds is 4. The van der Waals surface area contributed by atoms with Crippen LogP contribution in [0.15, 0.2) is 16.5 Å². The summed E-state index contributed by atoms with van der Waals surface area (Å²) in [4.78, 5) is 21.8. The van der Waals surface area contributed by atoms with Crippen molar-refractivity contribution < 1.29 is 19.1 Å². The standard InChI is InChI=1S/C10H13NO4/c1-6-3-4-8(15-6)5-9(12)11-7(2)10(13)14/h3-4,7H,5H2,1-2H3,(H,11,12)(H,13,14)/t7-/m0/s1. The van der Waals surface area contributed by atoms with Crippen molar-refractivity contribution in [2.75, 3.05) is 0 Å². The number of hydrogen-bond donors (Lipinski definition) is 2. The Balaban J connectivity index is 2.46. The minimum Gasteiger partial charge on any atom is -0.480 e. The summed E-state index contributed by atoms with van der Waals surface area (Å²) in [6, 6.07) is 2.57. The first-order valence-electron chi connectivity index (χ1n) is 4.56. The topological polar surface area (TPSA) is 79.5 Å². The van der Waals surface area contributed by atoms with Crippen LogP contribution in [0.3, 0.4) is 0 Å². The van der Waals surface area contributed by atoms with Crippen LogP contribution in [0.1, 0.15) is 18.4 Å². The third-order valence-electron chi connectivity index (χ3n) is 1.88. The maximum atomic E-state index is 11.3. The highest BCUT2D eigenvalue weighted by molar-refractivity contribution is 5.84. The normalized spacial score (nSPS) is 12.1. The number of carboxylic acids is 1. The number of furan rings is 1. The van der Waals surface area contributed by atoms with E-state index in [2.05, 4.69) is 5.32 Å². The van der Waals surface area contributed by atoms with Crippen LogP contribution < -0.4 is 5.32 Å². The summed E-state index contributed by atoms with van der Waals surface area (Å²) in [6.07, 6.45) is 0.0610. The maximum Gasteiger partial charge on any atom is 0.325 e. The van der Waals surface area contributed by atoms with E-state index in [-0.39, 0.29) is 12.3 Å². The Hall–Kier alpha value is -1.78. The third-order valence-corrected chi connectivity index (χ3v) is 1.88. The van der Waals surface area contributed by atoms with Gasteiger partial charge in [-0.1, -0.05) is 0 Å². The van der Waals surface area contributed by atoms with Gasteiger partial charge in [0.15, 0.2) is 0 Å². The largest absolute Gasteiger partial charge is 0.480 e. The molecule has 0 aromatic carbocycles. The van der Waals surface area contributed by atoms with Crippen molar-refractivity contribution in [3.63, 3.8) is 0 Å². The molecule has 0 fully saturated rings. The second kappa shape index (κ2) is 4.63. The van der Waals surface area contributed by atoms with Crippen molar-refractivity contribution in [1.82, 2.24) is 5.32 Å². The predicted molar refractivity (Wildman–Crippen MR) is 52.4 cm³/mol. The number of carboxylic acid groups (broad SMARTS) is 1. The summed E-state index contributed by atoms with van der Waals surface area (Å²) < 4.78 is 5.19. The summed E-state index contributed by atoms with van der Waals surface area (Å²) >= 11 is 0. The van der Waals surface area contributed by atoms with Gasteiger partial charge in [0.2, 0.25) is 5.91 Å². The Morgan fingerprint density at radius 1 is 1.53 bits per heavy atom. The van der Waals surface area contributed by atoms with Crippen LogP contribution in [0.25, 0.3) is 0 Å². The molecule has 1 atom stereocenters. The number of carbonyl (C=O) groups excluding carboxylic acids is 1. The molecule has 5 heteroatoms. The van der Waals surface area contributed by atoms with Crippen LogP contribution in [0, 0.1) is 6.92 Å². The van der Waals surface area contributed by atoms with Gasteiger partial charge in [0, 0.05) is 0 Å². The molecule has 0 aliphatic heterocycles. The Morgan fingerprint density at radius 2 is 2.20 bits per heavy atom. The average molecular weight is 211 g/mol. The molecule has 5 nitrogen and oxygen atoms in total. The molecular formula is C10H13NO4. The van der Waals surface area contributed by atoms with Crippen LogP contribution in [0.4, 0.5) is 0 Å². The first-order valence-corrected chi connectivity index (χ1v) is 4.56. The molecule has 1 heterocycles. The molecule has 82 valence electrons. The lowest BCUT2D eigenvalue weighted by molar-refractivity contribution is -0.141. The number of hydrogen-bond acceptors (Lipinski definition) is 3. The van der Waals surface area contributed by atoms with Gasteiger partial charge in [-0.3, -0.25) is 9.59 Å². The molecular weight excluding hydrogens is 198 g/mol. The number of nitrogens with one attached hydrogen (secondary N) is 1. The first-order chi connectivity index (χ1) is 6.99. The zero-order valence-electron chi connectivity index (χ0n) is 8.61. The van der Waals surface area contributed by atoms with Crippen LogP contribution >= 0.6 is 0 Å². The second-order valence-electron chi connectivity index (χ2n) is 3.32. The number of aliphatic carboxylic acids is 1. The number of amides is 1. The van der Waals surface area contributed by atoms with E-state index in [1.807, 2.05) is 0 Å². The quantitative estimate of drug-likeness (QED) is 0.769. The van der Waals surface area contributed by atoms with E-state index in [9.17, 15) is 9.59 Å². The Bertz CT molecular complexity index is 369. The summed E-state index contributed by atoms with van der Waals surface area (Å²) in [6.45, 7) is 3.19. The lowest BCUT2D eigenvalue weighted by Gasteiger charge is -2.07. The van der Waals surface area contributed by atoms with E-state index in [0.717, 1.165) is 5.76 Å². The summed E-state index contributed by atoms with van der Waals surface area (Å²) in [5.41, 5.74) is 0. The van der Waals surface area contributed by atoms with Crippen LogP contribution in [0.2, 0.25) is 0 Å².